The second kappa shape index (κ2) is 6.38. The molecule has 0 saturated carbocycles. The summed E-state index contributed by atoms with van der Waals surface area (Å²) in [6.07, 6.45) is -4.58. The number of urea groups is 1. The second-order valence-electron chi connectivity index (χ2n) is 5.45. The highest BCUT2D eigenvalue weighted by molar-refractivity contribution is 6.35. The van der Waals surface area contributed by atoms with Gasteiger partial charge in [-0.15, -0.1) is 10.2 Å². The third kappa shape index (κ3) is 3.38. The largest absolute Gasteiger partial charge is 0.451 e. The summed E-state index contributed by atoms with van der Waals surface area (Å²) >= 11 is 12.0. The van der Waals surface area contributed by atoms with Gasteiger partial charge in [0.05, 0.1) is 17.3 Å². The molecule has 0 aliphatic carbocycles. The van der Waals surface area contributed by atoms with Gasteiger partial charge in [0, 0.05) is 25.2 Å². The van der Waals surface area contributed by atoms with Crippen LogP contribution >= 0.6 is 23.2 Å². The predicted molar refractivity (Wildman–Crippen MR) is 85.7 cm³/mol. The van der Waals surface area contributed by atoms with Gasteiger partial charge in [-0.2, -0.15) is 13.2 Å². The van der Waals surface area contributed by atoms with Crippen LogP contribution in [0.3, 0.4) is 0 Å². The molecule has 0 atom stereocenters. The van der Waals surface area contributed by atoms with Gasteiger partial charge in [0.25, 0.3) is 0 Å². The van der Waals surface area contributed by atoms with E-state index in [0.717, 1.165) is 4.57 Å². The van der Waals surface area contributed by atoms with E-state index in [2.05, 4.69) is 10.2 Å². The molecule has 11 heteroatoms. The molecule has 2 amide bonds. The zero-order valence-electron chi connectivity index (χ0n) is 12.9. The summed E-state index contributed by atoms with van der Waals surface area (Å²) < 4.78 is 39.6. The second-order valence-corrected chi connectivity index (χ2v) is 6.29. The van der Waals surface area contributed by atoms with Crippen molar-refractivity contribution in [3.05, 3.63) is 39.9 Å². The highest BCUT2D eigenvalue weighted by Gasteiger charge is 2.40. The predicted octanol–water partition coefficient (Wildman–Crippen LogP) is 3.68. The molecule has 0 unspecified atom stereocenters. The van der Waals surface area contributed by atoms with Gasteiger partial charge >= 0.3 is 12.2 Å². The number of rotatable bonds is 1. The van der Waals surface area contributed by atoms with E-state index in [0.29, 0.717) is 15.7 Å². The summed E-state index contributed by atoms with van der Waals surface area (Å²) in [4.78, 5) is 15.3. The first-order valence-corrected chi connectivity index (χ1v) is 7.91. The lowest BCUT2D eigenvalue weighted by Gasteiger charge is -2.32. The minimum absolute atomic E-state index is 0.0416. The van der Waals surface area contributed by atoms with E-state index in [1.807, 2.05) is 0 Å². The lowest BCUT2D eigenvalue weighted by molar-refractivity contribution is -0.147. The monoisotopic (exact) mass is 393 g/mol. The van der Waals surface area contributed by atoms with Crippen molar-refractivity contribution in [2.24, 2.45) is 0 Å². The zero-order chi connectivity index (χ0) is 18.4. The number of carbonyl (C=O) groups is 1. The fourth-order valence-electron chi connectivity index (χ4n) is 2.59. The van der Waals surface area contributed by atoms with E-state index in [-0.39, 0.29) is 25.5 Å². The van der Waals surface area contributed by atoms with Crippen LogP contribution in [0.4, 0.5) is 23.7 Å². The summed E-state index contributed by atoms with van der Waals surface area (Å²) in [5.41, 5.74) is 0.405. The number of fused-ring (bicyclic) bond motifs is 1. The topological polar surface area (TPSA) is 54.3 Å². The smallest absolute Gasteiger partial charge is 0.315 e. The van der Waals surface area contributed by atoms with Crippen molar-refractivity contribution in [1.29, 1.82) is 0 Å². The molecule has 1 aromatic heterocycles. The summed E-state index contributed by atoms with van der Waals surface area (Å²) in [5, 5.41) is 7.48. The minimum atomic E-state index is -4.58. The Morgan fingerprint density at radius 3 is 2.64 bits per heavy atom. The molecular formula is C14H12Cl2F3N5O. The summed E-state index contributed by atoms with van der Waals surface area (Å²) in [5.74, 6) is -0.974. The van der Waals surface area contributed by atoms with Gasteiger partial charge in [-0.25, -0.2) is 4.79 Å². The average molecular weight is 394 g/mol. The zero-order valence-corrected chi connectivity index (χ0v) is 14.4. The Morgan fingerprint density at radius 2 is 1.96 bits per heavy atom. The Bertz CT molecular complexity index is 823. The van der Waals surface area contributed by atoms with Crippen LogP contribution in [0, 0.1) is 0 Å². The fraction of sp³-hybridized carbons (Fsp3) is 0.357. The number of anilines is 1. The first-order valence-electron chi connectivity index (χ1n) is 7.15. The molecule has 1 aliphatic rings. The Kier molecular flexibility index (Phi) is 4.54. The van der Waals surface area contributed by atoms with E-state index in [1.165, 1.54) is 22.9 Å². The molecule has 0 spiro atoms. The number of halogens is 5. The van der Waals surface area contributed by atoms with Crippen molar-refractivity contribution in [3.8, 4) is 0 Å². The standard InChI is InChI=1S/C14H12Cl2F3N5O/c1-22(10-6-8(15)2-3-9(10)16)13(25)23-4-5-24-11(7-23)20-21-12(24)14(17,18)19/h2-3,6H,4-5,7H2,1H3. The highest BCUT2D eigenvalue weighted by atomic mass is 35.5. The Balaban J connectivity index is 1.81. The summed E-state index contributed by atoms with van der Waals surface area (Å²) in [7, 11) is 1.51. The molecule has 0 radical (unpaired) electrons. The van der Waals surface area contributed by atoms with Crippen molar-refractivity contribution < 1.29 is 18.0 Å². The van der Waals surface area contributed by atoms with E-state index in [4.69, 9.17) is 23.2 Å². The third-order valence-corrected chi connectivity index (χ3v) is 4.39. The van der Waals surface area contributed by atoms with Gasteiger partial charge in [0.15, 0.2) is 5.82 Å². The minimum Gasteiger partial charge on any atom is -0.315 e. The number of aromatic nitrogens is 3. The lowest BCUT2D eigenvalue weighted by Crippen LogP contribution is -2.45. The van der Waals surface area contributed by atoms with Crippen LogP contribution in [-0.2, 0) is 19.3 Å². The Hall–Kier alpha value is -2.00. The molecule has 1 aliphatic heterocycles. The number of nitrogens with zero attached hydrogens (tertiary/aromatic N) is 5. The first-order chi connectivity index (χ1) is 11.7. The molecule has 2 heterocycles. The van der Waals surface area contributed by atoms with Crippen molar-refractivity contribution in [2.45, 2.75) is 19.3 Å². The molecular weight excluding hydrogens is 382 g/mol. The Labute approximate surface area is 150 Å². The van der Waals surface area contributed by atoms with Crippen molar-refractivity contribution in [3.63, 3.8) is 0 Å². The molecule has 0 N–H and O–H groups in total. The van der Waals surface area contributed by atoms with E-state index in [9.17, 15) is 18.0 Å². The molecule has 134 valence electrons. The molecule has 2 aromatic rings. The van der Waals surface area contributed by atoms with Crippen LogP contribution in [0.1, 0.15) is 11.6 Å². The van der Waals surface area contributed by atoms with Gasteiger partial charge in [-0.1, -0.05) is 23.2 Å². The van der Waals surface area contributed by atoms with Crippen LogP contribution in [0.5, 0.6) is 0 Å². The van der Waals surface area contributed by atoms with E-state index in [1.54, 1.807) is 12.1 Å². The molecule has 0 saturated heterocycles. The normalized spacial score (nSPS) is 14.4. The average Bonchev–Trinajstić information content (AvgIpc) is 2.99. The molecule has 0 fully saturated rings. The number of alkyl halides is 3. The fourth-order valence-corrected chi connectivity index (χ4v) is 3.00. The van der Waals surface area contributed by atoms with Crippen LogP contribution in [0.15, 0.2) is 18.2 Å². The van der Waals surface area contributed by atoms with Gasteiger partial charge < -0.3 is 9.47 Å². The molecule has 0 bridgehead atoms. The van der Waals surface area contributed by atoms with Crippen molar-refractivity contribution in [1.82, 2.24) is 19.7 Å². The van der Waals surface area contributed by atoms with Crippen LogP contribution in [0.25, 0.3) is 0 Å². The molecule has 25 heavy (non-hydrogen) atoms. The van der Waals surface area contributed by atoms with Gasteiger partial charge in [-0.05, 0) is 18.2 Å². The molecule has 6 nitrogen and oxygen atoms in total. The van der Waals surface area contributed by atoms with Crippen LogP contribution < -0.4 is 4.90 Å². The highest BCUT2D eigenvalue weighted by Crippen LogP contribution is 2.31. The van der Waals surface area contributed by atoms with Crippen LogP contribution in [-0.4, -0.2) is 39.3 Å². The maximum Gasteiger partial charge on any atom is 0.451 e. The summed E-state index contributed by atoms with van der Waals surface area (Å²) in [6.45, 7) is -0.0278. The number of amides is 2. The number of carbonyl (C=O) groups excluding carboxylic acids is 1. The quantitative estimate of drug-likeness (QED) is 0.742. The van der Waals surface area contributed by atoms with Crippen molar-refractivity contribution in [2.75, 3.05) is 18.5 Å². The number of benzene rings is 1. The van der Waals surface area contributed by atoms with Gasteiger partial charge in [-0.3, -0.25) is 4.90 Å². The third-order valence-electron chi connectivity index (χ3n) is 3.83. The SMILES string of the molecule is CN(C(=O)N1CCn2c(nnc2C(F)(F)F)C1)c1cc(Cl)ccc1Cl. The van der Waals surface area contributed by atoms with E-state index < -0.39 is 18.0 Å². The van der Waals surface area contributed by atoms with Crippen LogP contribution in [0.2, 0.25) is 10.0 Å². The first kappa shape index (κ1) is 17.8. The Morgan fingerprint density at radius 1 is 1.24 bits per heavy atom. The number of hydrogen-bond donors (Lipinski definition) is 0. The number of hydrogen-bond acceptors (Lipinski definition) is 3. The van der Waals surface area contributed by atoms with E-state index >= 15 is 0 Å². The summed E-state index contributed by atoms with van der Waals surface area (Å²) in [6, 6.07) is 4.27. The lowest BCUT2D eigenvalue weighted by atomic mass is 10.3. The maximum absolute atomic E-state index is 12.9. The molecule has 3 rings (SSSR count). The van der Waals surface area contributed by atoms with Crippen molar-refractivity contribution >= 4 is 34.9 Å². The van der Waals surface area contributed by atoms with Gasteiger partial charge in [0.2, 0.25) is 5.82 Å². The maximum atomic E-state index is 12.9. The molecule has 1 aromatic carbocycles. The van der Waals surface area contributed by atoms with Gasteiger partial charge in [0.1, 0.15) is 0 Å².